The van der Waals surface area contributed by atoms with Gasteiger partial charge < -0.3 is 4.74 Å². The summed E-state index contributed by atoms with van der Waals surface area (Å²) in [5.74, 6) is 0.292. The summed E-state index contributed by atoms with van der Waals surface area (Å²) in [7, 11) is 1.49. The molecule has 0 radical (unpaired) electrons. The van der Waals surface area contributed by atoms with Crippen LogP contribution in [-0.4, -0.2) is 36.6 Å². The van der Waals surface area contributed by atoms with Crippen molar-refractivity contribution in [2.75, 3.05) is 13.7 Å². The van der Waals surface area contributed by atoms with Crippen molar-refractivity contribution in [2.24, 2.45) is 5.92 Å². The van der Waals surface area contributed by atoms with Gasteiger partial charge in [-0.2, -0.15) is 0 Å². The average molecular weight is 289 g/mol. The largest absolute Gasteiger partial charge is 0.468 e. The van der Waals surface area contributed by atoms with Crippen LogP contribution < -0.4 is 0 Å². The summed E-state index contributed by atoms with van der Waals surface area (Å²) in [5.41, 5.74) is 1.33. The first kappa shape index (κ1) is 16.0. The van der Waals surface area contributed by atoms with Gasteiger partial charge in [-0.25, -0.2) is 0 Å². The van der Waals surface area contributed by atoms with Crippen LogP contribution in [-0.2, 0) is 9.53 Å². The highest BCUT2D eigenvalue weighted by Crippen LogP contribution is 2.33. The van der Waals surface area contributed by atoms with Gasteiger partial charge in [0.15, 0.2) is 0 Å². The van der Waals surface area contributed by atoms with Gasteiger partial charge in [0.05, 0.1) is 7.11 Å². The van der Waals surface area contributed by atoms with Gasteiger partial charge in [0, 0.05) is 6.04 Å². The predicted molar refractivity (Wildman–Crippen MR) is 86.0 cm³/mol. The van der Waals surface area contributed by atoms with Gasteiger partial charge in [-0.3, -0.25) is 9.69 Å². The molecule has 1 aliphatic heterocycles. The Morgan fingerprint density at radius 2 is 2.38 bits per heavy atom. The van der Waals surface area contributed by atoms with Crippen LogP contribution in [0.2, 0.25) is 0 Å². The molecular formula is C18H27NO2. The Kier molecular flexibility index (Phi) is 5.80. The van der Waals surface area contributed by atoms with Crippen molar-refractivity contribution < 1.29 is 9.53 Å². The van der Waals surface area contributed by atoms with Crippen LogP contribution in [0, 0.1) is 5.92 Å². The van der Waals surface area contributed by atoms with Crippen molar-refractivity contribution in [1.29, 1.82) is 0 Å². The molecule has 0 aromatic carbocycles. The van der Waals surface area contributed by atoms with E-state index in [1.165, 1.54) is 12.7 Å². The normalized spacial score (nSPS) is 27.2. The molecule has 1 saturated heterocycles. The van der Waals surface area contributed by atoms with E-state index in [1.807, 2.05) is 6.08 Å². The second kappa shape index (κ2) is 7.60. The SMILES string of the molecule is C=CCCC1CCN([C@@H](C)C2=CCCC=C2)[C@@H]1C(=O)OC. The number of nitrogens with zero attached hydrogens (tertiary/aromatic N) is 1. The Balaban J connectivity index is 2.13. The van der Waals surface area contributed by atoms with Crippen LogP contribution in [0.4, 0.5) is 0 Å². The lowest BCUT2D eigenvalue weighted by atomic mass is 9.93. The zero-order valence-corrected chi connectivity index (χ0v) is 13.3. The number of carbonyl (C=O) groups excluding carboxylic acids is 1. The fourth-order valence-electron chi connectivity index (χ4n) is 3.53. The molecule has 1 heterocycles. The Morgan fingerprint density at radius 1 is 1.57 bits per heavy atom. The second-order valence-corrected chi connectivity index (χ2v) is 5.98. The number of hydrogen-bond acceptors (Lipinski definition) is 3. The van der Waals surface area contributed by atoms with Crippen molar-refractivity contribution in [1.82, 2.24) is 4.90 Å². The number of allylic oxidation sites excluding steroid dienone is 3. The monoisotopic (exact) mass is 289 g/mol. The third kappa shape index (κ3) is 3.65. The minimum atomic E-state index is -0.110. The summed E-state index contributed by atoms with van der Waals surface area (Å²) in [6.07, 6.45) is 13.9. The minimum absolute atomic E-state index is 0.0891. The molecule has 3 nitrogen and oxygen atoms in total. The van der Waals surface area contributed by atoms with Gasteiger partial charge in [0.1, 0.15) is 6.04 Å². The van der Waals surface area contributed by atoms with Crippen molar-refractivity contribution in [3.63, 3.8) is 0 Å². The average Bonchev–Trinajstić information content (AvgIpc) is 2.96. The third-order valence-electron chi connectivity index (χ3n) is 4.75. The smallest absolute Gasteiger partial charge is 0.323 e. The molecule has 1 unspecified atom stereocenters. The maximum absolute atomic E-state index is 12.3. The van der Waals surface area contributed by atoms with E-state index in [2.05, 4.69) is 36.6 Å². The second-order valence-electron chi connectivity index (χ2n) is 5.98. The summed E-state index contributed by atoms with van der Waals surface area (Å²) in [6.45, 7) is 6.96. The highest BCUT2D eigenvalue weighted by atomic mass is 16.5. The van der Waals surface area contributed by atoms with E-state index in [-0.39, 0.29) is 18.1 Å². The Bertz CT molecular complexity index is 438. The van der Waals surface area contributed by atoms with E-state index in [0.717, 1.165) is 38.6 Å². The molecular weight excluding hydrogens is 262 g/mol. The molecule has 1 aliphatic carbocycles. The van der Waals surface area contributed by atoms with Crippen LogP contribution in [0.3, 0.4) is 0 Å². The van der Waals surface area contributed by atoms with Gasteiger partial charge >= 0.3 is 5.97 Å². The molecule has 0 amide bonds. The lowest BCUT2D eigenvalue weighted by Gasteiger charge is -2.32. The third-order valence-corrected chi connectivity index (χ3v) is 4.75. The van der Waals surface area contributed by atoms with Gasteiger partial charge in [-0.1, -0.05) is 24.3 Å². The molecule has 2 rings (SSSR count). The number of ether oxygens (including phenoxy) is 1. The van der Waals surface area contributed by atoms with Gasteiger partial charge in [-0.05, 0) is 57.1 Å². The summed E-state index contributed by atoms with van der Waals surface area (Å²) < 4.78 is 5.07. The standard InChI is InChI=1S/C18H27NO2/c1-4-5-9-16-12-13-19(17(16)18(20)21-3)14(2)15-10-7-6-8-11-15/h4,7,10-11,14,16-17H,1,5-6,8-9,12-13H2,2-3H3/t14-,16?,17-/m0/s1. The van der Waals surface area contributed by atoms with Crippen LogP contribution in [0.1, 0.15) is 39.0 Å². The van der Waals surface area contributed by atoms with E-state index >= 15 is 0 Å². The molecule has 21 heavy (non-hydrogen) atoms. The van der Waals surface area contributed by atoms with E-state index in [9.17, 15) is 4.79 Å². The van der Waals surface area contributed by atoms with E-state index < -0.39 is 0 Å². The minimum Gasteiger partial charge on any atom is -0.468 e. The number of likely N-dealkylation sites (tertiary alicyclic amines) is 1. The molecule has 0 bridgehead atoms. The molecule has 0 spiro atoms. The van der Waals surface area contributed by atoms with Crippen LogP contribution in [0.15, 0.2) is 36.5 Å². The number of rotatable bonds is 6. The van der Waals surface area contributed by atoms with Gasteiger partial charge in [0.25, 0.3) is 0 Å². The first-order chi connectivity index (χ1) is 10.2. The van der Waals surface area contributed by atoms with Crippen LogP contribution in [0.25, 0.3) is 0 Å². The van der Waals surface area contributed by atoms with Crippen molar-refractivity contribution >= 4 is 5.97 Å². The highest BCUT2D eigenvalue weighted by Gasteiger charge is 2.42. The van der Waals surface area contributed by atoms with E-state index in [1.54, 1.807) is 0 Å². The summed E-state index contributed by atoms with van der Waals surface area (Å²) in [6, 6.07) is 0.167. The number of methoxy groups -OCH3 is 1. The van der Waals surface area contributed by atoms with E-state index in [0.29, 0.717) is 5.92 Å². The van der Waals surface area contributed by atoms with Crippen molar-refractivity contribution in [2.45, 2.75) is 51.1 Å². The maximum Gasteiger partial charge on any atom is 0.323 e. The highest BCUT2D eigenvalue weighted by molar-refractivity contribution is 5.76. The summed E-state index contributed by atoms with van der Waals surface area (Å²) in [4.78, 5) is 14.6. The number of esters is 1. The summed E-state index contributed by atoms with van der Waals surface area (Å²) >= 11 is 0. The van der Waals surface area contributed by atoms with E-state index in [4.69, 9.17) is 4.74 Å². The van der Waals surface area contributed by atoms with Crippen molar-refractivity contribution in [3.05, 3.63) is 36.5 Å². The molecule has 2 aliphatic rings. The molecule has 0 aromatic heterocycles. The molecule has 0 N–H and O–H groups in total. The fraction of sp³-hybridized carbons (Fsp3) is 0.611. The molecule has 3 heteroatoms. The lowest BCUT2D eigenvalue weighted by Crippen LogP contribution is -2.45. The van der Waals surface area contributed by atoms with Crippen LogP contribution >= 0.6 is 0 Å². The van der Waals surface area contributed by atoms with Gasteiger partial charge in [-0.15, -0.1) is 6.58 Å². The number of carbonyl (C=O) groups is 1. The molecule has 116 valence electrons. The number of hydrogen-bond donors (Lipinski definition) is 0. The Hall–Kier alpha value is -1.35. The van der Waals surface area contributed by atoms with Crippen LogP contribution in [0.5, 0.6) is 0 Å². The lowest BCUT2D eigenvalue weighted by molar-refractivity contribution is -0.147. The first-order valence-electron chi connectivity index (χ1n) is 8.00. The predicted octanol–water partition coefficient (Wildman–Crippen LogP) is 3.48. The zero-order chi connectivity index (χ0) is 15.2. The maximum atomic E-state index is 12.3. The summed E-state index contributed by atoms with van der Waals surface area (Å²) in [5, 5.41) is 0. The fourth-order valence-corrected chi connectivity index (χ4v) is 3.53. The molecule has 0 aromatic rings. The molecule has 3 atom stereocenters. The van der Waals surface area contributed by atoms with Crippen molar-refractivity contribution in [3.8, 4) is 0 Å². The topological polar surface area (TPSA) is 29.5 Å². The Morgan fingerprint density at radius 3 is 3.00 bits per heavy atom. The Labute approximate surface area is 128 Å². The first-order valence-corrected chi connectivity index (χ1v) is 8.00. The van der Waals surface area contributed by atoms with Gasteiger partial charge in [0.2, 0.25) is 0 Å². The zero-order valence-electron chi connectivity index (χ0n) is 13.3. The molecule has 0 saturated carbocycles. The quantitative estimate of drug-likeness (QED) is 0.554. The molecule has 1 fully saturated rings.